The molecule has 2 aliphatic rings. The van der Waals surface area contributed by atoms with Crippen molar-refractivity contribution in [2.45, 2.75) is 23.8 Å². The Morgan fingerprint density at radius 3 is 2.78 bits per heavy atom. The van der Waals surface area contributed by atoms with Crippen LogP contribution in [0, 0.1) is 0 Å². The van der Waals surface area contributed by atoms with E-state index in [9.17, 15) is 14.7 Å². The molecule has 1 aromatic rings. The molecule has 3 rings (SSSR count). The van der Waals surface area contributed by atoms with E-state index in [2.05, 4.69) is 0 Å². The molecule has 0 saturated carbocycles. The second-order valence-corrected chi connectivity index (χ2v) is 5.88. The summed E-state index contributed by atoms with van der Waals surface area (Å²) in [5.41, 5.74) is 1.03. The number of amides is 1. The maximum atomic E-state index is 12.0. The number of nitrogens with zero attached hydrogens (tertiary/aromatic N) is 1. The Balaban J connectivity index is 2.06. The Morgan fingerprint density at radius 2 is 2.11 bits per heavy atom. The molecule has 0 spiro atoms. The maximum absolute atomic E-state index is 12.0. The average Bonchev–Trinajstić information content (AvgIpc) is 2.91. The van der Waals surface area contributed by atoms with Gasteiger partial charge in [-0.3, -0.25) is 4.79 Å². The van der Waals surface area contributed by atoms with Crippen molar-refractivity contribution in [3.05, 3.63) is 35.9 Å². The van der Waals surface area contributed by atoms with Gasteiger partial charge in [0.1, 0.15) is 10.9 Å². The number of carbonyl (C=O) groups is 2. The first-order valence-corrected chi connectivity index (χ1v) is 6.88. The summed E-state index contributed by atoms with van der Waals surface area (Å²) in [6, 6.07) is 9.05. The molecule has 2 atom stereocenters. The summed E-state index contributed by atoms with van der Waals surface area (Å²) < 4.78 is 0. The number of hydrogen-bond donors (Lipinski definition) is 1. The molecule has 2 aliphatic heterocycles. The Labute approximate surface area is 109 Å². The Morgan fingerprint density at radius 1 is 1.39 bits per heavy atom. The quantitative estimate of drug-likeness (QED) is 0.881. The lowest BCUT2D eigenvalue weighted by Gasteiger charge is -2.33. The van der Waals surface area contributed by atoms with Gasteiger partial charge in [0.2, 0.25) is 5.91 Å². The van der Waals surface area contributed by atoms with Crippen LogP contribution in [-0.4, -0.2) is 33.7 Å². The van der Waals surface area contributed by atoms with Crippen LogP contribution >= 0.6 is 11.8 Å². The van der Waals surface area contributed by atoms with E-state index in [1.807, 2.05) is 30.3 Å². The number of fused-ring (bicyclic) bond motifs is 1. The Kier molecular flexibility index (Phi) is 2.59. The van der Waals surface area contributed by atoms with E-state index < -0.39 is 16.9 Å². The fraction of sp³-hybridized carbons (Fsp3) is 0.385. The van der Waals surface area contributed by atoms with Crippen molar-refractivity contribution in [1.29, 1.82) is 0 Å². The number of aliphatic carboxylic acids is 1. The molecule has 18 heavy (non-hydrogen) atoms. The number of hydrogen-bond acceptors (Lipinski definition) is 3. The number of benzene rings is 1. The van der Waals surface area contributed by atoms with E-state index in [-0.39, 0.29) is 5.91 Å². The van der Waals surface area contributed by atoms with Crippen molar-refractivity contribution in [2.24, 2.45) is 0 Å². The number of rotatable bonds is 2. The molecule has 2 saturated heterocycles. The minimum absolute atomic E-state index is 0.0451. The van der Waals surface area contributed by atoms with E-state index in [0.29, 0.717) is 18.6 Å². The molecule has 1 N–H and O–H groups in total. The lowest BCUT2D eigenvalue weighted by molar-refractivity contribution is -0.148. The standard InChI is InChI=1S/C13H13NO3S/c15-11-6-7-13(9-4-2-1-3-5-9)14(11)10(8-18-13)12(16)17/h1-5,10H,6-8H2,(H,16,17)/t10-,13-/m0/s1. The van der Waals surface area contributed by atoms with E-state index in [4.69, 9.17) is 0 Å². The topological polar surface area (TPSA) is 57.6 Å². The van der Waals surface area contributed by atoms with Crippen molar-refractivity contribution in [3.8, 4) is 0 Å². The molecule has 0 unspecified atom stereocenters. The van der Waals surface area contributed by atoms with Crippen LogP contribution in [0.3, 0.4) is 0 Å². The monoisotopic (exact) mass is 263 g/mol. The number of carboxylic acid groups (broad SMARTS) is 1. The van der Waals surface area contributed by atoms with E-state index >= 15 is 0 Å². The maximum Gasteiger partial charge on any atom is 0.327 e. The van der Waals surface area contributed by atoms with Gasteiger partial charge in [-0.1, -0.05) is 30.3 Å². The molecule has 0 aliphatic carbocycles. The van der Waals surface area contributed by atoms with Crippen molar-refractivity contribution in [2.75, 3.05) is 5.75 Å². The van der Waals surface area contributed by atoms with E-state index in [0.717, 1.165) is 5.56 Å². The van der Waals surface area contributed by atoms with Crippen LogP contribution in [0.15, 0.2) is 30.3 Å². The minimum Gasteiger partial charge on any atom is -0.480 e. The van der Waals surface area contributed by atoms with E-state index in [1.165, 1.54) is 0 Å². The summed E-state index contributed by atoms with van der Waals surface area (Å²) in [6.45, 7) is 0. The third-order valence-corrected chi connectivity index (χ3v) is 5.23. The van der Waals surface area contributed by atoms with Gasteiger partial charge in [-0.05, 0) is 12.0 Å². The summed E-state index contributed by atoms with van der Waals surface area (Å²) >= 11 is 1.58. The van der Waals surface area contributed by atoms with Crippen molar-refractivity contribution < 1.29 is 14.7 Å². The van der Waals surface area contributed by atoms with Gasteiger partial charge < -0.3 is 10.0 Å². The molecule has 1 amide bonds. The molecule has 0 bridgehead atoms. The average molecular weight is 263 g/mol. The molecular formula is C13H13NO3S. The lowest BCUT2D eigenvalue weighted by Crippen LogP contribution is -2.45. The zero-order valence-electron chi connectivity index (χ0n) is 9.70. The Bertz CT molecular complexity index is 504. The first kappa shape index (κ1) is 11.6. The summed E-state index contributed by atoms with van der Waals surface area (Å²) in [5, 5.41) is 9.23. The van der Waals surface area contributed by atoms with Crippen LogP contribution in [0.2, 0.25) is 0 Å². The second-order valence-electron chi connectivity index (χ2n) is 4.58. The molecule has 2 heterocycles. The summed E-state index contributed by atoms with van der Waals surface area (Å²) in [7, 11) is 0. The van der Waals surface area contributed by atoms with Crippen molar-refractivity contribution in [3.63, 3.8) is 0 Å². The van der Waals surface area contributed by atoms with Gasteiger partial charge in [0.05, 0.1) is 0 Å². The van der Waals surface area contributed by atoms with Crippen LogP contribution in [0.4, 0.5) is 0 Å². The molecule has 2 fully saturated rings. The van der Waals surface area contributed by atoms with Gasteiger partial charge >= 0.3 is 5.97 Å². The summed E-state index contributed by atoms with van der Waals surface area (Å²) in [4.78, 5) is 24.4. The SMILES string of the molecule is O=C(O)[C@@H]1CS[C@]2(c3ccccc3)CCC(=O)N12. The highest BCUT2D eigenvalue weighted by Crippen LogP contribution is 2.54. The largest absolute Gasteiger partial charge is 0.480 e. The first-order valence-electron chi connectivity index (χ1n) is 5.89. The van der Waals surface area contributed by atoms with Gasteiger partial charge in [0.15, 0.2) is 0 Å². The molecule has 0 aromatic heterocycles. The molecule has 94 valence electrons. The molecule has 1 aromatic carbocycles. The van der Waals surface area contributed by atoms with E-state index in [1.54, 1.807) is 16.7 Å². The highest BCUT2D eigenvalue weighted by atomic mass is 32.2. The van der Waals surface area contributed by atoms with Gasteiger partial charge in [0, 0.05) is 12.2 Å². The van der Waals surface area contributed by atoms with Crippen molar-refractivity contribution in [1.82, 2.24) is 4.90 Å². The van der Waals surface area contributed by atoms with Gasteiger partial charge in [-0.25, -0.2) is 4.79 Å². The number of carbonyl (C=O) groups excluding carboxylic acids is 1. The first-order chi connectivity index (χ1) is 8.65. The zero-order valence-corrected chi connectivity index (χ0v) is 10.5. The Hall–Kier alpha value is -1.49. The highest BCUT2D eigenvalue weighted by Gasteiger charge is 2.56. The second kappa shape index (κ2) is 4.02. The lowest BCUT2D eigenvalue weighted by atomic mass is 10.0. The predicted octanol–water partition coefficient (Wildman–Crippen LogP) is 1.66. The third kappa shape index (κ3) is 1.47. The van der Waals surface area contributed by atoms with Crippen LogP contribution in [0.1, 0.15) is 18.4 Å². The smallest absolute Gasteiger partial charge is 0.327 e. The fourth-order valence-electron chi connectivity index (χ4n) is 2.82. The molecule has 4 nitrogen and oxygen atoms in total. The summed E-state index contributed by atoms with van der Waals surface area (Å²) in [6.07, 6.45) is 1.13. The fourth-order valence-corrected chi connectivity index (χ4v) is 4.47. The highest BCUT2D eigenvalue weighted by molar-refractivity contribution is 8.00. The van der Waals surface area contributed by atoms with Crippen LogP contribution < -0.4 is 0 Å². The number of carboxylic acids is 1. The van der Waals surface area contributed by atoms with Gasteiger partial charge in [-0.2, -0.15) is 0 Å². The van der Waals surface area contributed by atoms with Crippen molar-refractivity contribution >= 4 is 23.6 Å². The van der Waals surface area contributed by atoms with Crippen LogP contribution in [0.25, 0.3) is 0 Å². The normalized spacial score (nSPS) is 30.6. The number of thioether (sulfide) groups is 1. The molecule has 0 radical (unpaired) electrons. The summed E-state index contributed by atoms with van der Waals surface area (Å²) in [5.74, 6) is -0.484. The van der Waals surface area contributed by atoms with Gasteiger partial charge in [-0.15, -0.1) is 11.8 Å². The van der Waals surface area contributed by atoms with Crippen LogP contribution in [-0.2, 0) is 14.5 Å². The van der Waals surface area contributed by atoms with Crippen LogP contribution in [0.5, 0.6) is 0 Å². The van der Waals surface area contributed by atoms with Gasteiger partial charge in [0.25, 0.3) is 0 Å². The zero-order chi connectivity index (χ0) is 12.8. The predicted molar refractivity (Wildman–Crippen MR) is 68.1 cm³/mol. The third-order valence-electron chi connectivity index (χ3n) is 3.64. The minimum atomic E-state index is -0.907. The molecular weight excluding hydrogens is 250 g/mol. The molecule has 5 heteroatoms.